The molecule has 2 heteroatoms. The molecule has 6 aromatic carbocycles. The summed E-state index contributed by atoms with van der Waals surface area (Å²) in [6.07, 6.45) is 9.05. The molecule has 3 aliphatic rings. The van der Waals surface area contributed by atoms with Crippen molar-refractivity contribution < 1.29 is 0 Å². The maximum Gasteiger partial charge on any atom is 0.0585 e. The van der Waals surface area contributed by atoms with Crippen molar-refractivity contribution in [2.75, 3.05) is 4.90 Å². The summed E-state index contributed by atoms with van der Waals surface area (Å²) in [4.78, 5) is 2.50. The van der Waals surface area contributed by atoms with Gasteiger partial charge in [-0.15, -0.1) is 0 Å². The second-order valence-electron chi connectivity index (χ2n) is 15.8. The van der Waals surface area contributed by atoms with Gasteiger partial charge in [0, 0.05) is 49.7 Å². The van der Waals surface area contributed by atoms with E-state index < -0.39 is 0 Å². The van der Waals surface area contributed by atoms with Crippen LogP contribution in [0.25, 0.3) is 44.1 Å². The Labute approximate surface area is 301 Å². The van der Waals surface area contributed by atoms with Crippen LogP contribution in [0.5, 0.6) is 0 Å². The smallest absolute Gasteiger partial charge is 0.0585 e. The van der Waals surface area contributed by atoms with Crippen molar-refractivity contribution in [2.24, 2.45) is 5.92 Å². The van der Waals surface area contributed by atoms with E-state index >= 15 is 0 Å². The molecule has 51 heavy (non-hydrogen) atoms. The first-order valence-electron chi connectivity index (χ1n) is 18.4. The maximum atomic E-state index is 2.55. The largest absolute Gasteiger partial charge is 0.333 e. The SMILES string of the molecule is CC1C=CC=CC1n1c2ccccc2c2cc(N(c3ccc4c(c3)C(C)(C)c3ccccc3-4)c3ccc4c(c3)C(C)(C)c3ccccc3-4)ccc21. The van der Waals surface area contributed by atoms with E-state index in [9.17, 15) is 0 Å². The number of anilines is 3. The molecule has 2 atom stereocenters. The molecule has 0 spiro atoms. The fourth-order valence-electron chi connectivity index (χ4n) is 9.59. The lowest BCUT2D eigenvalue weighted by atomic mass is 9.82. The molecule has 2 unspecified atom stereocenters. The molecule has 0 bridgehead atoms. The Morgan fingerprint density at radius 1 is 0.471 bits per heavy atom. The van der Waals surface area contributed by atoms with Gasteiger partial charge in [0.15, 0.2) is 0 Å². The van der Waals surface area contributed by atoms with Crippen molar-refractivity contribution in [2.45, 2.75) is 51.5 Å². The van der Waals surface area contributed by atoms with Gasteiger partial charge in [0.25, 0.3) is 0 Å². The molecule has 2 nitrogen and oxygen atoms in total. The average molecular weight is 659 g/mol. The molecule has 7 aromatic rings. The van der Waals surface area contributed by atoms with Crippen LogP contribution in [0.4, 0.5) is 17.1 Å². The van der Waals surface area contributed by atoms with Gasteiger partial charge >= 0.3 is 0 Å². The lowest BCUT2D eigenvalue weighted by Crippen LogP contribution is -2.18. The van der Waals surface area contributed by atoms with E-state index in [2.05, 4.69) is 196 Å². The number of hydrogen-bond donors (Lipinski definition) is 0. The summed E-state index contributed by atoms with van der Waals surface area (Å²) in [6, 6.07) is 48.4. The van der Waals surface area contributed by atoms with Crippen LogP contribution in [0.1, 0.15) is 62.9 Å². The lowest BCUT2D eigenvalue weighted by molar-refractivity contribution is 0.510. The zero-order valence-corrected chi connectivity index (χ0v) is 30.0. The second-order valence-corrected chi connectivity index (χ2v) is 15.8. The third-order valence-corrected chi connectivity index (χ3v) is 12.3. The Morgan fingerprint density at radius 2 is 0.961 bits per heavy atom. The van der Waals surface area contributed by atoms with Gasteiger partial charge in [0.05, 0.1) is 6.04 Å². The minimum atomic E-state index is -0.0921. The molecule has 0 aliphatic heterocycles. The van der Waals surface area contributed by atoms with E-state index in [1.807, 2.05) is 0 Å². The topological polar surface area (TPSA) is 8.17 Å². The highest BCUT2D eigenvalue weighted by atomic mass is 15.1. The quantitative estimate of drug-likeness (QED) is 0.183. The summed E-state index contributed by atoms with van der Waals surface area (Å²) < 4.78 is 2.55. The van der Waals surface area contributed by atoms with Crippen molar-refractivity contribution >= 4 is 38.9 Å². The monoisotopic (exact) mass is 658 g/mol. The minimum absolute atomic E-state index is 0.0921. The minimum Gasteiger partial charge on any atom is -0.333 e. The summed E-state index contributed by atoms with van der Waals surface area (Å²) in [6.45, 7) is 11.8. The highest BCUT2D eigenvalue weighted by molar-refractivity contribution is 6.10. The number of rotatable bonds is 4. The number of aromatic nitrogens is 1. The standard InChI is InChI=1S/C49H42N2/c1-31-14-6-12-20-45(31)51-46-21-13-9-17-39(46)40-28-32(24-27-47(40)51)50(33-22-25-37-35-15-7-10-18-41(35)48(2,3)43(37)29-33)34-23-26-38-36-16-8-11-19-42(36)49(4,5)44(38)30-34/h6-31,45H,1-5H3. The molecule has 0 amide bonds. The molecular weight excluding hydrogens is 617 g/mol. The highest BCUT2D eigenvalue weighted by Gasteiger charge is 2.38. The van der Waals surface area contributed by atoms with Gasteiger partial charge in [-0.25, -0.2) is 0 Å². The zero-order valence-electron chi connectivity index (χ0n) is 30.0. The Bertz CT molecular complexity index is 2520. The summed E-state index contributed by atoms with van der Waals surface area (Å²) in [5.74, 6) is 0.406. The maximum absolute atomic E-state index is 2.55. The normalized spacial score (nSPS) is 18.8. The van der Waals surface area contributed by atoms with Gasteiger partial charge in [0.1, 0.15) is 0 Å². The Balaban J connectivity index is 1.20. The van der Waals surface area contributed by atoms with Crippen molar-refractivity contribution in [1.82, 2.24) is 4.57 Å². The van der Waals surface area contributed by atoms with Crippen LogP contribution in [0.15, 0.2) is 152 Å². The van der Waals surface area contributed by atoms with Crippen LogP contribution in [0.3, 0.4) is 0 Å². The number of para-hydroxylation sites is 1. The molecular formula is C49H42N2. The Hall–Kier alpha value is -5.60. The van der Waals surface area contributed by atoms with Crippen molar-refractivity contribution in [1.29, 1.82) is 0 Å². The second kappa shape index (κ2) is 10.7. The van der Waals surface area contributed by atoms with E-state index in [0.29, 0.717) is 5.92 Å². The molecule has 1 heterocycles. The van der Waals surface area contributed by atoms with Crippen LogP contribution in [0, 0.1) is 5.92 Å². The van der Waals surface area contributed by atoms with Crippen LogP contribution in [0.2, 0.25) is 0 Å². The van der Waals surface area contributed by atoms with E-state index in [-0.39, 0.29) is 16.9 Å². The van der Waals surface area contributed by atoms with E-state index in [1.165, 1.54) is 83.4 Å². The molecule has 0 fully saturated rings. The molecule has 0 saturated carbocycles. The van der Waals surface area contributed by atoms with Gasteiger partial charge in [-0.3, -0.25) is 0 Å². The van der Waals surface area contributed by atoms with E-state index in [4.69, 9.17) is 0 Å². The first-order valence-corrected chi connectivity index (χ1v) is 18.4. The first-order chi connectivity index (χ1) is 24.7. The Morgan fingerprint density at radius 3 is 1.59 bits per heavy atom. The molecule has 1 aromatic heterocycles. The van der Waals surface area contributed by atoms with E-state index in [0.717, 1.165) is 0 Å². The fourth-order valence-corrected chi connectivity index (χ4v) is 9.59. The van der Waals surface area contributed by atoms with Crippen LogP contribution >= 0.6 is 0 Å². The first kappa shape index (κ1) is 30.2. The summed E-state index contributed by atoms with van der Waals surface area (Å²) in [7, 11) is 0. The number of nitrogens with zero attached hydrogens (tertiary/aromatic N) is 2. The van der Waals surface area contributed by atoms with Crippen LogP contribution in [-0.4, -0.2) is 4.57 Å². The molecule has 248 valence electrons. The highest BCUT2D eigenvalue weighted by Crippen LogP contribution is 2.53. The fraction of sp³-hybridized carbons (Fsp3) is 0.184. The molecule has 3 aliphatic carbocycles. The zero-order chi connectivity index (χ0) is 34.6. The van der Waals surface area contributed by atoms with Crippen LogP contribution < -0.4 is 4.90 Å². The summed E-state index contributed by atoms with van der Waals surface area (Å²) >= 11 is 0. The molecule has 10 rings (SSSR count). The Kier molecular flexibility index (Phi) is 6.35. The lowest BCUT2D eigenvalue weighted by Gasteiger charge is -2.30. The average Bonchev–Trinajstić information content (AvgIpc) is 3.69. The van der Waals surface area contributed by atoms with Gasteiger partial charge < -0.3 is 9.47 Å². The molecule has 0 N–H and O–H groups in total. The molecule has 0 saturated heterocycles. The number of fused-ring (bicyclic) bond motifs is 9. The summed E-state index contributed by atoms with van der Waals surface area (Å²) in [5, 5.41) is 2.58. The van der Waals surface area contributed by atoms with Crippen molar-refractivity contribution in [3.63, 3.8) is 0 Å². The van der Waals surface area contributed by atoms with Crippen LogP contribution in [-0.2, 0) is 10.8 Å². The van der Waals surface area contributed by atoms with Crippen molar-refractivity contribution in [3.8, 4) is 22.3 Å². The predicted molar refractivity (Wildman–Crippen MR) is 216 cm³/mol. The third kappa shape index (κ3) is 4.23. The van der Waals surface area contributed by atoms with Gasteiger partial charge in [0.2, 0.25) is 0 Å². The third-order valence-electron chi connectivity index (χ3n) is 12.3. The van der Waals surface area contributed by atoms with E-state index in [1.54, 1.807) is 0 Å². The van der Waals surface area contributed by atoms with Gasteiger partial charge in [-0.05, 0) is 99.0 Å². The van der Waals surface area contributed by atoms with Gasteiger partial charge in [-0.1, -0.05) is 138 Å². The number of allylic oxidation sites excluding steroid dienone is 4. The number of hydrogen-bond acceptors (Lipinski definition) is 1. The van der Waals surface area contributed by atoms with Gasteiger partial charge in [-0.2, -0.15) is 0 Å². The predicted octanol–water partition coefficient (Wildman–Crippen LogP) is 13.2. The molecule has 0 radical (unpaired) electrons. The summed E-state index contributed by atoms with van der Waals surface area (Å²) in [5.41, 5.74) is 16.8. The van der Waals surface area contributed by atoms with Crippen molar-refractivity contribution in [3.05, 3.63) is 174 Å². The number of benzene rings is 6.